The Morgan fingerprint density at radius 2 is 1.76 bits per heavy atom. The molecule has 1 aromatic carbocycles. The molecule has 0 atom stereocenters. The monoisotopic (exact) mass is 297 g/mol. The van der Waals surface area contributed by atoms with Gasteiger partial charge in [0.15, 0.2) is 0 Å². The van der Waals surface area contributed by atoms with Crippen molar-refractivity contribution in [2.45, 2.75) is 32.1 Å². The molecule has 1 nitrogen and oxygen atoms in total. The van der Waals surface area contributed by atoms with Crippen molar-refractivity contribution in [1.82, 2.24) is 4.98 Å². The Morgan fingerprint density at radius 1 is 1.00 bits per heavy atom. The molecule has 3 rings (SSSR count). The topological polar surface area (TPSA) is 12.9 Å². The van der Waals surface area contributed by atoms with E-state index in [0.717, 1.165) is 10.7 Å². The minimum Gasteiger partial charge on any atom is -0.256 e. The van der Waals surface area contributed by atoms with Crippen molar-refractivity contribution >= 4 is 17.2 Å². The lowest BCUT2D eigenvalue weighted by Gasteiger charge is -2.20. The molecular formula is C19H20ClN. The van der Waals surface area contributed by atoms with Crippen LogP contribution in [0, 0.1) is 5.92 Å². The number of nitrogens with zero attached hydrogens (tertiary/aromatic N) is 1. The van der Waals surface area contributed by atoms with Gasteiger partial charge in [0.25, 0.3) is 0 Å². The summed E-state index contributed by atoms with van der Waals surface area (Å²) in [5, 5.41) is 0.775. The van der Waals surface area contributed by atoms with Crippen LogP contribution in [0.3, 0.4) is 0 Å². The molecule has 0 radical (unpaired) electrons. The summed E-state index contributed by atoms with van der Waals surface area (Å²) in [6.45, 7) is 0. The second-order valence-electron chi connectivity index (χ2n) is 5.70. The van der Waals surface area contributed by atoms with E-state index >= 15 is 0 Å². The summed E-state index contributed by atoms with van der Waals surface area (Å²) in [4.78, 5) is 4.54. The Balaban J connectivity index is 1.98. The van der Waals surface area contributed by atoms with Crippen LogP contribution in [0.4, 0.5) is 0 Å². The van der Waals surface area contributed by atoms with E-state index < -0.39 is 0 Å². The lowest BCUT2D eigenvalue weighted by molar-refractivity contribution is 0.420. The quantitative estimate of drug-likeness (QED) is 0.703. The number of benzene rings is 1. The van der Waals surface area contributed by atoms with E-state index in [-0.39, 0.29) is 0 Å². The van der Waals surface area contributed by atoms with Gasteiger partial charge in [-0.3, -0.25) is 4.98 Å². The van der Waals surface area contributed by atoms with Crippen LogP contribution in [0.2, 0.25) is 5.02 Å². The lowest BCUT2D eigenvalue weighted by atomic mass is 9.86. The maximum Gasteiger partial charge on any atom is 0.0704 e. The summed E-state index contributed by atoms with van der Waals surface area (Å²) in [7, 11) is 0. The molecule has 0 aliphatic heterocycles. The van der Waals surface area contributed by atoms with Crippen LogP contribution in [0.15, 0.2) is 54.7 Å². The summed E-state index contributed by atoms with van der Waals surface area (Å²) >= 11 is 6.02. The Bertz CT molecular complexity index is 595. The van der Waals surface area contributed by atoms with Crippen LogP contribution >= 0.6 is 11.6 Å². The zero-order chi connectivity index (χ0) is 14.5. The van der Waals surface area contributed by atoms with Crippen molar-refractivity contribution in [2.75, 3.05) is 0 Å². The third-order valence-electron chi connectivity index (χ3n) is 4.15. The fourth-order valence-electron chi connectivity index (χ4n) is 3.02. The molecule has 1 aliphatic rings. The first-order valence-corrected chi connectivity index (χ1v) is 8.10. The molecule has 2 heteroatoms. The average molecular weight is 298 g/mol. The summed E-state index contributed by atoms with van der Waals surface area (Å²) in [5.74, 6) is 0.673. The highest BCUT2D eigenvalue weighted by molar-refractivity contribution is 6.30. The summed E-state index contributed by atoms with van der Waals surface area (Å²) in [5.41, 5.74) is 3.48. The van der Waals surface area contributed by atoms with Crippen LogP contribution in [0.25, 0.3) is 5.57 Å². The number of allylic oxidation sites excluding steroid dienone is 1. The Labute approximate surface area is 131 Å². The zero-order valence-electron chi connectivity index (χ0n) is 12.1. The summed E-state index contributed by atoms with van der Waals surface area (Å²) < 4.78 is 0. The molecule has 0 amide bonds. The zero-order valence-corrected chi connectivity index (χ0v) is 12.9. The van der Waals surface area contributed by atoms with E-state index in [1.807, 2.05) is 30.5 Å². The first kappa shape index (κ1) is 14.3. The highest BCUT2D eigenvalue weighted by Gasteiger charge is 2.14. The minimum absolute atomic E-state index is 0.673. The number of pyridine rings is 1. The van der Waals surface area contributed by atoms with E-state index in [0.29, 0.717) is 5.92 Å². The maximum absolute atomic E-state index is 6.02. The van der Waals surface area contributed by atoms with Crippen molar-refractivity contribution in [3.05, 3.63) is 71.0 Å². The molecular weight excluding hydrogens is 278 g/mol. The lowest BCUT2D eigenvalue weighted by Crippen LogP contribution is -2.04. The molecule has 0 spiro atoms. The van der Waals surface area contributed by atoms with Gasteiger partial charge < -0.3 is 0 Å². The van der Waals surface area contributed by atoms with Gasteiger partial charge in [-0.1, -0.05) is 55.1 Å². The van der Waals surface area contributed by atoms with Crippen LogP contribution in [0.1, 0.15) is 43.4 Å². The summed E-state index contributed by atoms with van der Waals surface area (Å²) in [6.07, 6.45) is 10.9. The SMILES string of the molecule is Clc1ccc(/C(=C\C2CCCCC2)c2ccccn2)cc1. The Hall–Kier alpha value is -1.60. The number of halogens is 1. The predicted octanol–water partition coefficient (Wildman–Crippen LogP) is 5.75. The maximum atomic E-state index is 6.02. The third-order valence-corrected chi connectivity index (χ3v) is 4.40. The van der Waals surface area contributed by atoms with Crippen molar-refractivity contribution in [3.8, 4) is 0 Å². The van der Waals surface area contributed by atoms with E-state index in [4.69, 9.17) is 11.6 Å². The van der Waals surface area contributed by atoms with Crippen LogP contribution in [-0.4, -0.2) is 4.98 Å². The van der Waals surface area contributed by atoms with Crippen molar-refractivity contribution < 1.29 is 0 Å². The van der Waals surface area contributed by atoms with E-state index in [9.17, 15) is 0 Å². The number of hydrogen-bond donors (Lipinski definition) is 0. The number of hydrogen-bond acceptors (Lipinski definition) is 1. The van der Waals surface area contributed by atoms with Gasteiger partial charge in [0.2, 0.25) is 0 Å². The van der Waals surface area contributed by atoms with Gasteiger partial charge in [0.1, 0.15) is 0 Å². The highest BCUT2D eigenvalue weighted by atomic mass is 35.5. The second-order valence-corrected chi connectivity index (χ2v) is 6.14. The molecule has 0 N–H and O–H groups in total. The molecule has 1 fully saturated rings. The fraction of sp³-hybridized carbons (Fsp3) is 0.316. The summed E-state index contributed by atoms with van der Waals surface area (Å²) in [6, 6.07) is 14.2. The van der Waals surface area contributed by atoms with Crippen molar-refractivity contribution in [2.24, 2.45) is 5.92 Å². The minimum atomic E-state index is 0.673. The van der Waals surface area contributed by atoms with Gasteiger partial charge in [0, 0.05) is 16.8 Å². The van der Waals surface area contributed by atoms with Gasteiger partial charge in [-0.15, -0.1) is 0 Å². The standard InChI is InChI=1S/C19H20ClN/c20-17-11-9-16(10-12-17)18(19-8-4-5-13-21-19)14-15-6-2-1-3-7-15/h4-5,8-15H,1-3,6-7H2/b18-14+. The van der Waals surface area contributed by atoms with Crippen molar-refractivity contribution in [3.63, 3.8) is 0 Å². The number of aromatic nitrogens is 1. The van der Waals surface area contributed by atoms with E-state index in [1.54, 1.807) is 0 Å². The molecule has 0 bridgehead atoms. The largest absolute Gasteiger partial charge is 0.256 e. The predicted molar refractivity (Wildman–Crippen MR) is 89.3 cm³/mol. The number of rotatable bonds is 3. The molecule has 108 valence electrons. The fourth-order valence-corrected chi connectivity index (χ4v) is 3.14. The second kappa shape index (κ2) is 6.91. The Kier molecular flexibility index (Phi) is 4.72. The van der Waals surface area contributed by atoms with Gasteiger partial charge in [-0.05, 0) is 48.6 Å². The van der Waals surface area contributed by atoms with Crippen LogP contribution < -0.4 is 0 Å². The van der Waals surface area contributed by atoms with Crippen LogP contribution in [0.5, 0.6) is 0 Å². The van der Waals surface area contributed by atoms with Gasteiger partial charge in [-0.25, -0.2) is 0 Å². The van der Waals surface area contributed by atoms with E-state index in [2.05, 4.69) is 29.3 Å². The molecule has 21 heavy (non-hydrogen) atoms. The Morgan fingerprint density at radius 3 is 2.43 bits per heavy atom. The highest BCUT2D eigenvalue weighted by Crippen LogP contribution is 2.31. The third kappa shape index (κ3) is 3.74. The van der Waals surface area contributed by atoms with Gasteiger partial charge in [0.05, 0.1) is 5.69 Å². The van der Waals surface area contributed by atoms with Gasteiger partial charge in [-0.2, -0.15) is 0 Å². The van der Waals surface area contributed by atoms with Crippen LogP contribution in [-0.2, 0) is 0 Å². The molecule has 0 unspecified atom stereocenters. The first-order valence-electron chi connectivity index (χ1n) is 7.72. The molecule has 1 aromatic heterocycles. The average Bonchev–Trinajstić information content (AvgIpc) is 2.55. The first-order chi connectivity index (χ1) is 10.3. The molecule has 1 aliphatic carbocycles. The molecule has 1 saturated carbocycles. The van der Waals surface area contributed by atoms with E-state index in [1.165, 1.54) is 43.2 Å². The molecule has 0 saturated heterocycles. The smallest absolute Gasteiger partial charge is 0.0704 e. The van der Waals surface area contributed by atoms with Gasteiger partial charge >= 0.3 is 0 Å². The molecule has 2 aromatic rings. The van der Waals surface area contributed by atoms with Crippen molar-refractivity contribution in [1.29, 1.82) is 0 Å². The molecule has 1 heterocycles. The normalized spacial score (nSPS) is 16.9.